The number of benzene rings is 1. The molecule has 1 aromatic carbocycles. The van der Waals surface area contributed by atoms with Crippen molar-refractivity contribution in [2.24, 2.45) is 5.73 Å². The Labute approximate surface area is 104 Å². The molecule has 18 heavy (non-hydrogen) atoms. The smallest absolute Gasteiger partial charge is 0.303 e. The monoisotopic (exact) mass is 246 g/mol. The molecule has 5 heteroatoms. The van der Waals surface area contributed by atoms with Crippen LogP contribution in [0.25, 0.3) is 10.9 Å². The first kappa shape index (κ1) is 12.2. The van der Waals surface area contributed by atoms with Gasteiger partial charge in [-0.3, -0.25) is 9.59 Å². The highest BCUT2D eigenvalue weighted by molar-refractivity contribution is 6.00. The van der Waals surface area contributed by atoms with Gasteiger partial charge in [-0.05, 0) is 24.5 Å². The number of para-hydroxylation sites is 1. The van der Waals surface area contributed by atoms with Crippen molar-refractivity contribution in [2.45, 2.75) is 19.3 Å². The number of carbonyl (C=O) groups excluding carboxylic acids is 1. The van der Waals surface area contributed by atoms with E-state index in [1.54, 1.807) is 0 Å². The Kier molecular flexibility index (Phi) is 3.32. The summed E-state index contributed by atoms with van der Waals surface area (Å²) in [5.74, 6) is -1.35. The molecule has 0 saturated carbocycles. The van der Waals surface area contributed by atoms with Crippen molar-refractivity contribution < 1.29 is 14.7 Å². The van der Waals surface area contributed by atoms with E-state index in [2.05, 4.69) is 4.98 Å². The van der Waals surface area contributed by atoms with Gasteiger partial charge in [0.05, 0.1) is 0 Å². The first-order valence-corrected chi connectivity index (χ1v) is 5.70. The number of amides is 1. The summed E-state index contributed by atoms with van der Waals surface area (Å²) in [7, 11) is 0. The van der Waals surface area contributed by atoms with Crippen LogP contribution in [0.1, 0.15) is 28.9 Å². The minimum absolute atomic E-state index is 0.0811. The summed E-state index contributed by atoms with van der Waals surface area (Å²) in [6.45, 7) is 0. The number of aromatic amines is 1. The first-order chi connectivity index (χ1) is 8.59. The predicted octanol–water partition coefficient (Wildman–Crippen LogP) is 1.67. The number of rotatable bonds is 5. The number of carboxylic acids is 1. The van der Waals surface area contributed by atoms with E-state index in [1.165, 1.54) is 0 Å². The van der Waals surface area contributed by atoms with Gasteiger partial charge in [0, 0.05) is 17.3 Å². The minimum atomic E-state index is -0.838. The van der Waals surface area contributed by atoms with Crippen LogP contribution in [0.4, 0.5) is 0 Å². The Morgan fingerprint density at radius 2 is 2.00 bits per heavy atom. The first-order valence-electron chi connectivity index (χ1n) is 5.70. The Morgan fingerprint density at radius 3 is 2.67 bits per heavy atom. The molecular weight excluding hydrogens is 232 g/mol. The van der Waals surface area contributed by atoms with Gasteiger partial charge in [-0.25, -0.2) is 0 Å². The fourth-order valence-electron chi connectivity index (χ4n) is 2.09. The van der Waals surface area contributed by atoms with Gasteiger partial charge in [0.25, 0.3) is 5.91 Å². The standard InChI is InChI=1S/C13H14N2O3/c14-13(18)12-9(5-3-7-11(16)17)8-4-1-2-6-10(8)15-12/h1-2,4,6,15H,3,5,7H2,(H2,14,18)(H,16,17). The number of carbonyl (C=O) groups is 2. The molecule has 0 radical (unpaired) electrons. The Bertz CT molecular complexity index is 601. The number of nitrogens with one attached hydrogen (secondary N) is 1. The zero-order valence-electron chi connectivity index (χ0n) is 9.77. The number of hydrogen-bond acceptors (Lipinski definition) is 2. The second kappa shape index (κ2) is 4.91. The zero-order valence-corrected chi connectivity index (χ0v) is 9.77. The van der Waals surface area contributed by atoms with E-state index in [9.17, 15) is 9.59 Å². The number of primary amides is 1. The van der Waals surface area contributed by atoms with Crippen molar-refractivity contribution in [1.29, 1.82) is 0 Å². The molecule has 0 aliphatic rings. The molecule has 0 aliphatic heterocycles. The third-order valence-corrected chi connectivity index (χ3v) is 2.88. The van der Waals surface area contributed by atoms with Crippen LogP contribution in [-0.2, 0) is 11.2 Å². The molecule has 2 rings (SSSR count). The second-order valence-electron chi connectivity index (χ2n) is 4.14. The summed E-state index contributed by atoms with van der Waals surface area (Å²) in [5.41, 5.74) is 7.35. The molecule has 0 unspecified atom stereocenters. The van der Waals surface area contributed by atoms with E-state index in [-0.39, 0.29) is 6.42 Å². The van der Waals surface area contributed by atoms with Crippen molar-refractivity contribution in [2.75, 3.05) is 0 Å². The molecule has 1 aromatic heterocycles. The minimum Gasteiger partial charge on any atom is -0.481 e. The van der Waals surface area contributed by atoms with Gasteiger partial charge >= 0.3 is 5.97 Å². The number of aromatic nitrogens is 1. The molecule has 1 amide bonds. The number of aliphatic carboxylic acids is 1. The third-order valence-electron chi connectivity index (χ3n) is 2.88. The quantitative estimate of drug-likeness (QED) is 0.748. The Hall–Kier alpha value is -2.30. The van der Waals surface area contributed by atoms with Gasteiger partial charge < -0.3 is 15.8 Å². The van der Waals surface area contributed by atoms with Gasteiger partial charge in [-0.1, -0.05) is 18.2 Å². The highest BCUT2D eigenvalue weighted by Gasteiger charge is 2.15. The Balaban J connectivity index is 2.36. The van der Waals surface area contributed by atoms with E-state index in [4.69, 9.17) is 10.8 Å². The van der Waals surface area contributed by atoms with Crippen molar-refractivity contribution in [3.63, 3.8) is 0 Å². The average molecular weight is 246 g/mol. The van der Waals surface area contributed by atoms with E-state index >= 15 is 0 Å². The van der Waals surface area contributed by atoms with Crippen LogP contribution in [0.15, 0.2) is 24.3 Å². The molecular formula is C13H14N2O3. The molecule has 94 valence electrons. The summed E-state index contributed by atoms with van der Waals surface area (Å²) in [5, 5.41) is 9.56. The number of fused-ring (bicyclic) bond motifs is 1. The lowest BCUT2D eigenvalue weighted by Gasteiger charge is -2.00. The highest BCUT2D eigenvalue weighted by Crippen LogP contribution is 2.23. The Morgan fingerprint density at radius 1 is 1.28 bits per heavy atom. The molecule has 2 aromatic rings. The molecule has 0 fully saturated rings. The van der Waals surface area contributed by atoms with Gasteiger partial charge in [0.15, 0.2) is 0 Å². The van der Waals surface area contributed by atoms with Crippen molar-refractivity contribution in [3.05, 3.63) is 35.5 Å². The lowest BCUT2D eigenvalue weighted by Crippen LogP contribution is -2.13. The van der Waals surface area contributed by atoms with Crippen molar-refractivity contribution >= 4 is 22.8 Å². The normalized spacial score (nSPS) is 10.7. The summed E-state index contributed by atoms with van der Waals surface area (Å²) in [6.07, 6.45) is 1.09. The topological polar surface area (TPSA) is 96.2 Å². The van der Waals surface area contributed by atoms with Crippen molar-refractivity contribution in [1.82, 2.24) is 4.98 Å². The molecule has 0 aliphatic carbocycles. The number of hydrogen-bond donors (Lipinski definition) is 3. The van der Waals surface area contributed by atoms with Crippen LogP contribution >= 0.6 is 0 Å². The maximum atomic E-state index is 11.4. The number of H-pyrrole nitrogens is 1. The van der Waals surface area contributed by atoms with Crippen LogP contribution in [0, 0.1) is 0 Å². The summed E-state index contributed by atoms with van der Waals surface area (Å²) < 4.78 is 0. The van der Waals surface area contributed by atoms with Gasteiger partial charge in [-0.15, -0.1) is 0 Å². The number of nitrogens with two attached hydrogens (primary N) is 1. The van der Waals surface area contributed by atoms with E-state index in [1.807, 2.05) is 24.3 Å². The fourth-order valence-corrected chi connectivity index (χ4v) is 2.09. The fraction of sp³-hybridized carbons (Fsp3) is 0.231. The zero-order chi connectivity index (χ0) is 13.1. The van der Waals surface area contributed by atoms with E-state index in [0.717, 1.165) is 16.5 Å². The largest absolute Gasteiger partial charge is 0.481 e. The lowest BCUT2D eigenvalue weighted by atomic mass is 10.0. The van der Waals surface area contributed by atoms with Gasteiger partial charge in [0.1, 0.15) is 5.69 Å². The van der Waals surface area contributed by atoms with Crippen LogP contribution in [0.5, 0.6) is 0 Å². The predicted molar refractivity (Wildman–Crippen MR) is 67.4 cm³/mol. The molecule has 0 spiro atoms. The van der Waals surface area contributed by atoms with Crippen LogP contribution in [-0.4, -0.2) is 22.0 Å². The average Bonchev–Trinajstić information content (AvgIpc) is 2.68. The molecule has 1 heterocycles. The SMILES string of the molecule is NC(=O)c1[nH]c2ccccc2c1CCCC(=O)O. The molecule has 0 saturated heterocycles. The molecule has 0 bridgehead atoms. The van der Waals surface area contributed by atoms with E-state index < -0.39 is 11.9 Å². The summed E-state index contributed by atoms with van der Waals surface area (Å²) in [4.78, 5) is 24.9. The molecule has 4 N–H and O–H groups in total. The third kappa shape index (κ3) is 2.34. The van der Waals surface area contributed by atoms with Gasteiger partial charge in [0.2, 0.25) is 0 Å². The maximum Gasteiger partial charge on any atom is 0.303 e. The van der Waals surface area contributed by atoms with E-state index in [0.29, 0.717) is 18.5 Å². The lowest BCUT2D eigenvalue weighted by molar-refractivity contribution is -0.137. The van der Waals surface area contributed by atoms with Crippen LogP contribution in [0.2, 0.25) is 0 Å². The maximum absolute atomic E-state index is 11.4. The summed E-state index contributed by atoms with van der Waals surface area (Å²) >= 11 is 0. The van der Waals surface area contributed by atoms with Crippen molar-refractivity contribution in [3.8, 4) is 0 Å². The summed E-state index contributed by atoms with van der Waals surface area (Å²) in [6, 6.07) is 7.50. The second-order valence-corrected chi connectivity index (χ2v) is 4.14. The van der Waals surface area contributed by atoms with Gasteiger partial charge in [-0.2, -0.15) is 0 Å². The number of carboxylic acid groups (broad SMARTS) is 1. The van der Waals surface area contributed by atoms with Crippen LogP contribution in [0.3, 0.4) is 0 Å². The number of aryl methyl sites for hydroxylation is 1. The molecule has 0 atom stereocenters. The highest BCUT2D eigenvalue weighted by atomic mass is 16.4. The molecule has 5 nitrogen and oxygen atoms in total. The van der Waals surface area contributed by atoms with Crippen LogP contribution < -0.4 is 5.73 Å².